The van der Waals surface area contributed by atoms with Crippen molar-refractivity contribution in [2.45, 2.75) is 12.8 Å². The molecule has 2 aromatic carbocycles. The van der Waals surface area contributed by atoms with Crippen LogP contribution in [-0.2, 0) is 12.8 Å². The summed E-state index contributed by atoms with van der Waals surface area (Å²) < 4.78 is 5.13. The molecular weight excluding hydrogens is 314 g/mol. The van der Waals surface area contributed by atoms with E-state index in [0.717, 1.165) is 24.1 Å². The molecule has 2 amide bonds. The van der Waals surface area contributed by atoms with Gasteiger partial charge in [-0.25, -0.2) is 4.79 Å². The van der Waals surface area contributed by atoms with Crippen LogP contribution in [0.5, 0.6) is 5.75 Å². The van der Waals surface area contributed by atoms with E-state index in [9.17, 15) is 4.79 Å². The molecule has 5 heteroatoms. The van der Waals surface area contributed by atoms with Gasteiger partial charge in [0, 0.05) is 30.2 Å². The molecular formula is C20H23N3O2. The number of amides is 2. The van der Waals surface area contributed by atoms with Crippen LogP contribution in [0.1, 0.15) is 11.1 Å². The van der Waals surface area contributed by atoms with E-state index >= 15 is 0 Å². The minimum atomic E-state index is -0.131. The lowest BCUT2D eigenvalue weighted by atomic mass is 10.1. The number of H-pyrrole nitrogens is 1. The largest absolute Gasteiger partial charge is 0.497 e. The van der Waals surface area contributed by atoms with Crippen LogP contribution in [0.3, 0.4) is 0 Å². The number of aromatic amines is 1. The normalized spacial score (nSPS) is 10.6. The van der Waals surface area contributed by atoms with Crippen LogP contribution in [0.2, 0.25) is 0 Å². The number of urea groups is 1. The molecule has 0 fully saturated rings. The van der Waals surface area contributed by atoms with Gasteiger partial charge in [0.15, 0.2) is 0 Å². The van der Waals surface area contributed by atoms with Crippen LogP contribution in [0, 0.1) is 0 Å². The zero-order valence-corrected chi connectivity index (χ0v) is 14.3. The topological polar surface area (TPSA) is 66.2 Å². The number of hydrogen-bond donors (Lipinski definition) is 3. The van der Waals surface area contributed by atoms with E-state index in [2.05, 4.69) is 27.8 Å². The molecule has 0 saturated heterocycles. The minimum absolute atomic E-state index is 0.131. The highest BCUT2D eigenvalue weighted by molar-refractivity contribution is 5.83. The molecule has 0 atom stereocenters. The van der Waals surface area contributed by atoms with Gasteiger partial charge in [-0.3, -0.25) is 0 Å². The van der Waals surface area contributed by atoms with E-state index in [-0.39, 0.29) is 6.03 Å². The number of nitrogens with one attached hydrogen (secondary N) is 3. The molecule has 0 bridgehead atoms. The molecule has 0 radical (unpaired) electrons. The van der Waals surface area contributed by atoms with E-state index in [1.807, 2.05) is 42.6 Å². The van der Waals surface area contributed by atoms with Crippen molar-refractivity contribution in [1.82, 2.24) is 15.6 Å². The lowest BCUT2D eigenvalue weighted by molar-refractivity contribution is 0.241. The van der Waals surface area contributed by atoms with Crippen molar-refractivity contribution in [3.05, 3.63) is 65.9 Å². The zero-order valence-electron chi connectivity index (χ0n) is 14.3. The Balaban J connectivity index is 1.38. The molecule has 5 nitrogen and oxygen atoms in total. The Bertz CT molecular complexity index is 824. The molecule has 25 heavy (non-hydrogen) atoms. The number of rotatable bonds is 7. The third-order valence-electron chi connectivity index (χ3n) is 4.21. The lowest BCUT2D eigenvalue weighted by Gasteiger charge is -2.08. The van der Waals surface area contributed by atoms with Gasteiger partial charge in [-0.15, -0.1) is 0 Å². The van der Waals surface area contributed by atoms with Crippen LogP contribution in [0.25, 0.3) is 10.9 Å². The van der Waals surface area contributed by atoms with Crippen molar-refractivity contribution in [2.75, 3.05) is 20.2 Å². The zero-order chi connectivity index (χ0) is 17.5. The Morgan fingerprint density at radius 1 is 1.00 bits per heavy atom. The molecule has 0 aliphatic rings. The van der Waals surface area contributed by atoms with Crippen molar-refractivity contribution in [3.8, 4) is 5.75 Å². The molecule has 130 valence electrons. The predicted molar refractivity (Wildman–Crippen MR) is 100 cm³/mol. The highest BCUT2D eigenvalue weighted by Gasteiger charge is 2.04. The van der Waals surface area contributed by atoms with Crippen molar-refractivity contribution in [2.24, 2.45) is 0 Å². The summed E-state index contributed by atoms with van der Waals surface area (Å²) in [7, 11) is 1.65. The molecule has 0 spiro atoms. The summed E-state index contributed by atoms with van der Waals surface area (Å²) in [6, 6.07) is 15.9. The number of ether oxygens (including phenoxy) is 1. The fourth-order valence-electron chi connectivity index (χ4n) is 2.82. The standard InChI is InChI=1S/C20H23N3O2/c1-25-17-8-6-15(7-9-17)10-12-21-20(24)22-13-11-16-14-23-19-5-3-2-4-18(16)19/h2-9,14,23H,10-13H2,1H3,(H2,21,22,24). The molecule has 1 heterocycles. The van der Waals surface area contributed by atoms with Crippen LogP contribution in [0.4, 0.5) is 4.79 Å². The number of para-hydroxylation sites is 1. The van der Waals surface area contributed by atoms with E-state index in [1.54, 1.807) is 7.11 Å². The lowest BCUT2D eigenvalue weighted by Crippen LogP contribution is -2.37. The van der Waals surface area contributed by atoms with E-state index < -0.39 is 0 Å². The first-order valence-electron chi connectivity index (χ1n) is 8.46. The van der Waals surface area contributed by atoms with E-state index in [0.29, 0.717) is 13.1 Å². The van der Waals surface area contributed by atoms with Gasteiger partial charge >= 0.3 is 6.03 Å². The summed E-state index contributed by atoms with van der Waals surface area (Å²) in [5.41, 5.74) is 3.51. The first-order valence-corrected chi connectivity index (χ1v) is 8.46. The molecule has 0 saturated carbocycles. The average Bonchev–Trinajstić information content (AvgIpc) is 3.06. The third kappa shape index (κ3) is 4.53. The van der Waals surface area contributed by atoms with Gasteiger partial charge < -0.3 is 20.4 Å². The second-order valence-electron chi connectivity index (χ2n) is 5.89. The Morgan fingerprint density at radius 2 is 1.72 bits per heavy atom. The SMILES string of the molecule is COc1ccc(CCNC(=O)NCCc2c[nH]c3ccccc23)cc1. The highest BCUT2D eigenvalue weighted by atomic mass is 16.5. The van der Waals surface area contributed by atoms with Crippen molar-refractivity contribution in [3.63, 3.8) is 0 Å². The van der Waals surface area contributed by atoms with Crippen LogP contribution in [0.15, 0.2) is 54.7 Å². The minimum Gasteiger partial charge on any atom is -0.497 e. The predicted octanol–water partition coefficient (Wildman–Crippen LogP) is 3.26. The van der Waals surface area contributed by atoms with Gasteiger partial charge in [-0.1, -0.05) is 30.3 Å². The number of carbonyl (C=O) groups excluding carboxylic acids is 1. The number of methoxy groups -OCH3 is 1. The monoisotopic (exact) mass is 337 g/mol. The summed E-state index contributed by atoms with van der Waals surface area (Å²) in [6.07, 6.45) is 3.60. The summed E-state index contributed by atoms with van der Waals surface area (Å²) in [5, 5.41) is 7.01. The first-order chi connectivity index (χ1) is 12.3. The number of hydrogen-bond acceptors (Lipinski definition) is 2. The molecule has 0 aliphatic carbocycles. The highest BCUT2D eigenvalue weighted by Crippen LogP contribution is 2.17. The summed E-state index contributed by atoms with van der Waals surface area (Å²) >= 11 is 0. The second kappa shape index (κ2) is 8.24. The maximum atomic E-state index is 11.9. The smallest absolute Gasteiger partial charge is 0.314 e. The number of fused-ring (bicyclic) bond motifs is 1. The maximum absolute atomic E-state index is 11.9. The van der Waals surface area contributed by atoms with Gasteiger partial charge in [0.25, 0.3) is 0 Å². The number of benzene rings is 2. The van der Waals surface area contributed by atoms with Crippen molar-refractivity contribution in [1.29, 1.82) is 0 Å². The molecule has 1 aromatic heterocycles. The average molecular weight is 337 g/mol. The summed E-state index contributed by atoms with van der Waals surface area (Å²) in [5.74, 6) is 0.840. The fraction of sp³-hybridized carbons (Fsp3) is 0.250. The van der Waals surface area contributed by atoms with Gasteiger partial charge in [0.1, 0.15) is 5.75 Å². The number of carbonyl (C=O) groups is 1. The molecule has 0 aliphatic heterocycles. The van der Waals surface area contributed by atoms with E-state index in [4.69, 9.17) is 4.74 Å². The third-order valence-corrected chi connectivity index (χ3v) is 4.21. The second-order valence-corrected chi connectivity index (χ2v) is 5.89. The van der Waals surface area contributed by atoms with Crippen molar-refractivity contribution >= 4 is 16.9 Å². The molecule has 0 unspecified atom stereocenters. The Morgan fingerprint density at radius 3 is 2.48 bits per heavy atom. The van der Waals surface area contributed by atoms with Gasteiger partial charge in [0.05, 0.1) is 7.11 Å². The quantitative estimate of drug-likeness (QED) is 0.619. The van der Waals surface area contributed by atoms with Crippen molar-refractivity contribution < 1.29 is 9.53 Å². The van der Waals surface area contributed by atoms with Crippen LogP contribution >= 0.6 is 0 Å². The molecule has 3 aromatic rings. The maximum Gasteiger partial charge on any atom is 0.314 e. The fourth-order valence-corrected chi connectivity index (χ4v) is 2.82. The number of aromatic nitrogens is 1. The van der Waals surface area contributed by atoms with Crippen LogP contribution in [-0.4, -0.2) is 31.2 Å². The van der Waals surface area contributed by atoms with E-state index in [1.165, 1.54) is 16.5 Å². The first kappa shape index (κ1) is 16.9. The Kier molecular flexibility index (Phi) is 5.57. The molecule has 3 rings (SSSR count). The van der Waals surface area contributed by atoms with Gasteiger partial charge in [0.2, 0.25) is 0 Å². The molecule has 3 N–H and O–H groups in total. The van der Waals surface area contributed by atoms with Crippen LogP contribution < -0.4 is 15.4 Å². The summed E-state index contributed by atoms with van der Waals surface area (Å²) in [6.45, 7) is 1.21. The van der Waals surface area contributed by atoms with Gasteiger partial charge in [-0.05, 0) is 42.2 Å². The van der Waals surface area contributed by atoms with Gasteiger partial charge in [-0.2, -0.15) is 0 Å². The Hall–Kier alpha value is -2.95. The Labute approximate surface area is 147 Å². The summed E-state index contributed by atoms with van der Waals surface area (Å²) in [4.78, 5) is 15.1.